The van der Waals surface area contributed by atoms with Crippen LogP contribution in [-0.4, -0.2) is 5.91 Å². The third kappa shape index (κ3) is 2.81. The Balaban J connectivity index is 2.16. The Morgan fingerprint density at radius 1 is 1.17 bits per heavy atom. The fraction of sp³-hybridized carbons (Fsp3) is 0.0714. The molecule has 3 nitrogen and oxygen atoms in total. The minimum atomic E-state index is -0.171. The van der Waals surface area contributed by atoms with E-state index in [0.717, 1.165) is 5.56 Å². The van der Waals surface area contributed by atoms with Crippen LogP contribution in [0.15, 0.2) is 42.5 Å². The van der Waals surface area contributed by atoms with Gasteiger partial charge < -0.3 is 11.1 Å². The zero-order valence-electron chi connectivity index (χ0n) is 9.91. The number of benzene rings is 2. The van der Waals surface area contributed by atoms with E-state index in [1.54, 1.807) is 30.3 Å². The number of nitrogen functional groups attached to an aromatic ring is 1. The van der Waals surface area contributed by atoms with E-state index in [1.807, 2.05) is 19.1 Å². The highest BCUT2D eigenvalue weighted by atomic mass is 35.5. The second-order valence-electron chi connectivity index (χ2n) is 4.06. The molecule has 2 aromatic carbocycles. The zero-order valence-corrected chi connectivity index (χ0v) is 10.7. The van der Waals surface area contributed by atoms with Crippen LogP contribution in [0.1, 0.15) is 15.9 Å². The highest BCUT2D eigenvalue weighted by Gasteiger charge is 2.06. The van der Waals surface area contributed by atoms with Crippen molar-refractivity contribution in [1.29, 1.82) is 0 Å². The lowest BCUT2D eigenvalue weighted by atomic mass is 10.1. The predicted molar refractivity (Wildman–Crippen MR) is 75.0 cm³/mol. The van der Waals surface area contributed by atoms with Gasteiger partial charge in [0.05, 0.1) is 10.7 Å². The van der Waals surface area contributed by atoms with Crippen LogP contribution in [0, 0.1) is 6.92 Å². The number of nitrogens with one attached hydrogen (secondary N) is 1. The van der Waals surface area contributed by atoms with Crippen LogP contribution in [0.25, 0.3) is 0 Å². The smallest absolute Gasteiger partial charge is 0.255 e. The molecule has 3 N–H and O–H groups in total. The van der Waals surface area contributed by atoms with Crippen LogP contribution in [-0.2, 0) is 0 Å². The SMILES string of the molecule is Cc1ccc(C(=O)Nc2ccc(N)c(Cl)c2)cc1. The number of aryl methyl sites for hydroxylation is 1. The van der Waals surface area contributed by atoms with E-state index in [0.29, 0.717) is 22.0 Å². The van der Waals surface area contributed by atoms with Gasteiger partial charge >= 0.3 is 0 Å². The summed E-state index contributed by atoms with van der Waals surface area (Å²) in [5, 5.41) is 3.19. The summed E-state index contributed by atoms with van der Waals surface area (Å²) >= 11 is 5.89. The van der Waals surface area contributed by atoms with E-state index >= 15 is 0 Å². The van der Waals surface area contributed by atoms with E-state index in [2.05, 4.69) is 5.32 Å². The van der Waals surface area contributed by atoms with Crippen LogP contribution >= 0.6 is 11.6 Å². The monoisotopic (exact) mass is 260 g/mol. The van der Waals surface area contributed by atoms with E-state index in [4.69, 9.17) is 17.3 Å². The number of halogens is 1. The maximum Gasteiger partial charge on any atom is 0.255 e. The molecular formula is C14H13ClN2O. The van der Waals surface area contributed by atoms with Crippen LogP contribution in [0.2, 0.25) is 5.02 Å². The maximum atomic E-state index is 11.9. The molecule has 0 unspecified atom stereocenters. The number of carbonyl (C=O) groups excluding carboxylic acids is 1. The van der Waals surface area contributed by atoms with Gasteiger partial charge in [-0.05, 0) is 37.3 Å². The first-order chi connectivity index (χ1) is 8.56. The normalized spacial score (nSPS) is 10.1. The molecule has 2 rings (SSSR count). The van der Waals surface area contributed by atoms with Gasteiger partial charge in [0.2, 0.25) is 0 Å². The number of amides is 1. The molecule has 0 radical (unpaired) electrons. The summed E-state index contributed by atoms with van der Waals surface area (Å²) in [5.74, 6) is -0.171. The topological polar surface area (TPSA) is 55.1 Å². The van der Waals surface area contributed by atoms with E-state index in [-0.39, 0.29) is 5.91 Å². The second kappa shape index (κ2) is 5.10. The molecule has 0 fully saturated rings. The Hall–Kier alpha value is -2.00. The third-order valence-corrected chi connectivity index (χ3v) is 2.90. The molecule has 1 amide bonds. The Labute approximate surface area is 111 Å². The molecule has 0 aliphatic heterocycles. The van der Waals surface area contributed by atoms with Crippen molar-refractivity contribution in [3.63, 3.8) is 0 Å². The standard InChI is InChI=1S/C14H13ClN2O/c1-9-2-4-10(5-3-9)14(18)17-11-6-7-13(16)12(15)8-11/h2-8H,16H2,1H3,(H,17,18). The molecule has 0 atom stereocenters. The van der Waals surface area contributed by atoms with E-state index in [1.165, 1.54) is 0 Å². The molecule has 0 aliphatic carbocycles. The van der Waals surface area contributed by atoms with Crippen molar-refractivity contribution in [1.82, 2.24) is 0 Å². The number of hydrogen-bond acceptors (Lipinski definition) is 2. The number of nitrogens with two attached hydrogens (primary N) is 1. The Morgan fingerprint density at radius 2 is 1.83 bits per heavy atom. The summed E-state index contributed by atoms with van der Waals surface area (Å²) in [7, 11) is 0. The van der Waals surface area contributed by atoms with Gasteiger partial charge in [-0.1, -0.05) is 29.3 Å². The molecule has 0 saturated carbocycles. The predicted octanol–water partition coefficient (Wildman–Crippen LogP) is 3.48. The van der Waals surface area contributed by atoms with Gasteiger partial charge in [0.1, 0.15) is 0 Å². The van der Waals surface area contributed by atoms with Crippen molar-refractivity contribution >= 4 is 28.9 Å². The first-order valence-electron chi connectivity index (χ1n) is 5.49. The van der Waals surface area contributed by atoms with Crippen molar-refractivity contribution in [2.45, 2.75) is 6.92 Å². The fourth-order valence-electron chi connectivity index (χ4n) is 1.51. The molecule has 0 spiro atoms. The third-order valence-electron chi connectivity index (χ3n) is 2.57. The lowest BCUT2D eigenvalue weighted by Crippen LogP contribution is -2.11. The molecule has 4 heteroatoms. The van der Waals surface area contributed by atoms with Crippen LogP contribution in [0.3, 0.4) is 0 Å². The highest BCUT2D eigenvalue weighted by molar-refractivity contribution is 6.33. The molecule has 92 valence electrons. The molecule has 2 aromatic rings. The van der Waals surface area contributed by atoms with Gasteiger partial charge in [0, 0.05) is 11.3 Å². The molecular weight excluding hydrogens is 248 g/mol. The zero-order chi connectivity index (χ0) is 13.1. The van der Waals surface area contributed by atoms with Gasteiger partial charge in [-0.15, -0.1) is 0 Å². The number of carbonyl (C=O) groups is 1. The van der Waals surface area contributed by atoms with Gasteiger partial charge in [0.15, 0.2) is 0 Å². The van der Waals surface area contributed by atoms with Crippen LogP contribution in [0.4, 0.5) is 11.4 Å². The lowest BCUT2D eigenvalue weighted by molar-refractivity contribution is 0.102. The largest absolute Gasteiger partial charge is 0.398 e. The highest BCUT2D eigenvalue weighted by Crippen LogP contribution is 2.22. The Morgan fingerprint density at radius 3 is 2.44 bits per heavy atom. The summed E-state index contributed by atoms with van der Waals surface area (Å²) in [5.41, 5.74) is 8.44. The summed E-state index contributed by atoms with van der Waals surface area (Å²) in [6.07, 6.45) is 0. The number of hydrogen-bond donors (Lipinski definition) is 2. The minimum Gasteiger partial charge on any atom is -0.398 e. The second-order valence-corrected chi connectivity index (χ2v) is 4.46. The summed E-state index contributed by atoms with van der Waals surface area (Å²) < 4.78 is 0. The van der Waals surface area contributed by atoms with Gasteiger partial charge in [-0.3, -0.25) is 4.79 Å². The van der Waals surface area contributed by atoms with Crippen molar-refractivity contribution in [3.05, 3.63) is 58.6 Å². The average Bonchev–Trinajstić information content (AvgIpc) is 2.34. The van der Waals surface area contributed by atoms with Crippen molar-refractivity contribution in [3.8, 4) is 0 Å². The van der Waals surface area contributed by atoms with Crippen LogP contribution in [0.5, 0.6) is 0 Å². The summed E-state index contributed by atoms with van der Waals surface area (Å²) in [6.45, 7) is 1.97. The fourth-order valence-corrected chi connectivity index (χ4v) is 1.69. The van der Waals surface area contributed by atoms with Crippen LogP contribution < -0.4 is 11.1 Å². The van der Waals surface area contributed by atoms with Crippen molar-refractivity contribution in [2.24, 2.45) is 0 Å². The molecule has 0 heterocycles. The van der Waals surface area contributed by atoms with E-state index < -0.39 is 0 Å². The van der Waals surface area contributed by atoms with Crippen molar-refractivity contribution < 1.29 is 4.79 Å². The lowest BCUT2D eigenvalue weighted by Gasteiger charge is -2.07. The average molecular weight is 261 g/mol. The first kappa shape index (κ1) is 12.5. The van der Waals surface area contributed by atoms with Gasteiger partial charge in [-0.2, -0.15) is 0 Å². The van der Waals surface area contributed by atoms with E-state index in [9.17, 15) is 4.79 Å². The Kier molecular flexibility index (Phi) is 3.53. The molecule has 0 aromatic heterocycles. The van der Waals surface area contributed by atoms with Crippen molar-refractivity contribution in [2.75, 3.05) is 11.1 Å². The number of anilines is 2. The Bertz CT molecular complexity index is 579. The maximum absolute atomic E-state index is 11.9. The van der Waals surface area contributed by atoms with Gasteiger partial charge in [0.25, 0.3) is 5.91 Å². The molecule has 0 saturated heterocycles. The molecule has 0 aliphatic rings. The summed E-state index contributed by atoms with van der Waals surface area (Å²) in [4.78, 5) is 11.9. The number of rotatable bonds is 2. The quantitative estimate of drug-likeness (QED) is 0.812. The first-order valence-corrected chi connectivity index (χ1v) is 5.87. The minimum absolute atomic E-state index is 0.171. The summed E-state index contributed by atoms with van der Waals surface area (Å²) in [6, 6.07) is 12.4. The van der Waals surface area contributed by atoms with Gasteiger partial charge in [-0.25, -0.2) is 0 Å². The molecule has 0 bridgehead atoms. The molecule has 18 heavy (non-hydrogen) atoms.